The number of amides is 2. The van der Waals surface area contributed by atoms with E-state index < -0.39 is 18.0 Å². The Balaban J connectivity index is 2.23. The Kier molecular flexibility index (Phi) is 5.06. The molecule has 6 nitrogen and oxygen atoms in total. The number of carbonyl (C=O) groups is 2. The number of carboxylic acids is 1. The number of furan rings is 1. The fourth-order valence-corrected chi connectivity index (χ4v) is 1.30. The average Bonchev–Trinajstić information content (AvgIpc) is 2.78. The van der Waals surface area contributed by atoms with E-state index in [9.17, 15) is 9.59 Å². The first-order valence-corrected chi connectivity index (χ1v) is 5.43. The minimum atomic E-state index is -1.03. The largest absolute Gasteiger partial charge is 0.480 e. The quantitative estimate of drug-likeness (QED) is 0.691. The van der Waals surface area contributed by atoms with Crippen molar-refractivity contribution in [1.29, 1.82) is 0 Å². The van der Waals surface area contributed by atoms with Gasteiger partial charge in [-0.3, -0.25) is 0 Å². The maximum absolute atomic E-state index is 11.3. The van der Waals surface area contributed by atoms with E-state index in [1.165, 1.54) is 0 Å². The molecule has 1 atom stereocenters. The van der Waals surface area contributed by atoms with Crippen LogP contribution in [0.3, 0.4) is 0 Å². The lowest BCUT2D eigenvalue weighted by molar-refractivity contribution is -0.139. The molecular formula is C11H16N2O4. The van der Waals surface area contributed by atoms with E-state index in [4.69, 9.17) is 9.52 Å². The van der Waals surface area contributed by atoms with Crippen LogP contribution in [0.1, 0.15) is 19.1 Å². The summed E-state index contributed by atoms with van der Waals surface area (Å²) in [5.74, 6) is -0.260. The summed E-state index contributed by atoms with van der Waals surface area (Å²) in [4.78, 5) is 22.0. The highest BCUT2D eigenvalue weighted by atomic mass is 16.4. The van der Waals surface area contributed by atoms with Crippen LogP contribution in [0, 0.1) is 0 Å². The molecule has 17 heavy (non-hydrogen) atoms. The predicted octanol–water partition coefficient (Wildman–Crippen LogP) is 0.984. The maximum Gasteiger partial charge on any atom is 0.326 e. The van der Waals surface area contributed by atoms with Gasteiger partial charge in [0.25, 0.3) is 0 Å². The zero-order chi connectivity index (χ0) is 12.7. The molecule has 1 aromatic heterocycles. The SMILES string of the molecule is CCC(NC(=O)NCCc1ccco1)C(=O)O. The van der Waals surface area contributed by atoms with Crippen molar-refractivity contribution in [3.05, 3.63) is 24.2 Å². The molecule has 1 heterocycles. The van der Waals surface area contributed by atoms with Gasteiger partial charge in [-0.05, 0) is 18.6 Å². The standard InChI is InChI=1S/C11H16N2O4/c1-2-9(10(14)15)13-11(16)12-6-5-8-4-3-7-17-8/h3-4,7,9H,2,5-6H2,1H3,(H,14,15)(H2,12,13,16). The van der Waals surface area contributed by atoms with Crippen LogP contribution in [0.2, 0.25) is 0 Å². The van der Waals surface area contributed by atoms with E-state index in [0.717, 1.165) is 5.76 Å². The second-order valence-corrected chi connectivity index (χ2v) is 3.53. The Morgan fingerprint density at radius 3 is 2.82 bits per heavy atom. The summed E-state index contributed by atoms with van der Waals surface area (Å²) in [5, 5.41) is 13.7. The predicted molar refractivity (Wildman–Crippen MR) is 60.7 cm³/mol. The third-order valence-corrected chi connectivity index (χ3v) is 2.25. The van der Waals surface area contributed by atoms with Crippen LogP contribution in [0.25, 0.3) is 0 Å². The molecule has 0 bridgehead atoms. The molecule has 6 heteroatoms. The highest BCUT2D eigenvalue weighted by Gasteiger charge is 2.16. The molecule has 1 rings (SSSR count). The number of nitrogens with one attached hydrogen (secondary N) is 2. The minimum Gasteiger partial charge on any atom is -0.480 e. The maximum atomic E-state index is 11.3. The van der Waals surface area contributed by atoms with Crippen LogP contribution in [0.4, 0.5) is 4.79 Å². The molecule has 1 aromatic rings. The van der Waals surface area contributed by atoms with Gasteiger partial charge in [0.05, 0.1) is 6.26 Å². The molecule has 0 saturated heterocycles. The van der Waals surface area contributed by atoms with Crippen molar-refractivity contribution in [1.82, 2.24) is 10.6 Å². The molecule has 0 aliphatic carbocycles. The molecule has 0 aromatic carbocycles. The van der Waals surface area contributed by atoms with Crippen LogP contribution in [-0.4, -0.2) is 29.7 Å². The molecule has 0 fully saturated rings. The van der Waals surface area contributed by atoms with Crippen molar-refractivity contribution in [2.75, 3.05) is 6.54 Å². The lowest BCUT2D eigenvalue weighted by Gasteiger charge is -2.12. The third kappa shape index (κ3) is 4.58. The normalized spacial score (nSPS) is 11.8. The molecule has 3 N–H and O–H groups in total. The van der Waals surface area contributed by atoms with Crippen molar-refractivity contribution >= 4 is 12.0 Å². The molecule has 2 amide bonds. The van der Waals surface area contributed by atoms with E-state index in [2.05, 4.69) is 10.6 Å². The van der Waals surface area contributed by atoms with Gasteiger partial charge in [-0.2, -0.15) is 0 Å². The first-order valence-electron chi connectivity index (χ1n) is 5.43. The lowest BCUT2D eigenvalue weighted by Crippen LogP contribution is -2.46. The summed E-state index contributed by atoms with van der Waals surface area (Å²) in [5.41, 5.74) is 0. The number of urea groups is 1. The van der Waals surface area contributed by atoms with Crippen LogP contribution < -0.4 is 10.6 Å². The molecule has 0 radical (unpaired) electrons. The Morgan fingerprint density at radius 2 is 2.29 bits per heavy atom. The Hall–Kier alpha value is -1.98. The molecule has 0 aliphatic heterocycles. The number of carbonyl (C=O) groups excluding carboxylic acids is 1. The first-order chi connectivity index (χ1) is 8.13. The fraction of sp³-hybridized carbons (Fsp3) is 0.455. The summed E-state index contributed by atoms with van der Waals surface area (Å²) >= 11 is 0. The average molecular weight is 240 g/mol. The van der Waals surface area contributed by atoms with Crippen molar-refractivity contribution < 1.29 is 19.1 Å². The van der Waals surface area contributed by atoms with Crippen LogP contribution in [0.15, 0.2) is 22.8 Å². The van der Waals surface area contributed by atoms with Gasteiger partial charge in [0.2, 0.25) is 0 Å². The monoisotopic (exact) mass is 240 g/mol. The summed E-state index contributed by atoms with van der Waals surface area (Å²) < 4.78 is 5.09. The van der Waals surface area contributed by atoms with Crippen molar-refractivity contribution in [3.8, 4) is 0 Å². The van der Waals surface area contributed by atoms with E-state index in [0.29, 0.717) is 19.4 Å². The summed E-state index contributed by atoms with van der Waals surface area (Å²) in [6, 6.07) is 2.25. The van der Waals surface area contributed by atoms with Gasteiger partial charge >= 0.3 is 12.0 Å². The van der Waals surface area contributed by atoms with Crippen molar-refractivity contribution in [2.24, 2.45) is 0 Å². The second kappa shape index (κ2) is 6.57. The summed E-state index contributed by atoms with van der Waals surface area (Å²) in [6.07, 6.45) is 2.48. The van der Waals surface area contributed by atoms with Gasteiger partial charge in [0.1, 0.15) is 11.8 Å². The van der Waals surface area contributed by atoms with E-state index in [1.807, 2.05) is 6.07 Å². The van der Waals surface area contributed by atoms with Crippen LogP contribution in [0.5, 0.6) is 0 Å². The third-order valence-electron chi connectivity index (χ3n) is 2.25. The van der Waals surface area contributed by atoms with E-state index in [1.54, 1.807) is 19.3 Å². The van der Waals surface area contributed by atoms with Gasteiger partial charge < -0.3 is 20.2 Å². The number of hydrogen-bond acceptors (Lipinski definition) is 3. The van der Waals surface area contributed by atoms with Gasteiger partial charge in [-0.15, -0.1) is 0 Å². The summed E-state index contributed by atoms with van der Waals surface area (Å²) in [7, 11) is 0. The zero-order valence-electron chi connectivity index (χ0n) is 9.60. The van der Waals surface area contributed by atoms with Gasteiger partial charge in [0.15, 0.2) is 0 Å². The Morgan fingerprint density at radius 1 is 1.53 bits per heavy atom. The molecule has 0 aliphatic rings. The molecule has 0 spiro atoms. The Bertz CT molecular complexity index is 362. The first kappa shape index (κ1) is 13.1. The second-order valence-electron chi connectivity index (χ2n) is 3.53. The highest BCUT2D eigenvalue weighted by molar-refractivity contribution is 5.82. The lowest BCUT2D eigenvalue weighted by atomic mass is 10.2. The number of rotatable bonds is 6. The Labute approximate surface area is 99.0 Å². The van der Waals surface area contributed by atoms with Gasteiger partial charge in [-0.1, -0.05) is 6.92 Å². The van der Waals surface area contributed by atoms with Crippen LogP contribution in [-0.2, 0) is 11.2 Å². The number of carboxylic acid groups (broad SMARTS) is 1. The highest BCUT2D eigenvalue weighted by Crippen LogP contribution is 1.99. The molecular weight excluding hydrogens is 224 g/mol. The van der Waals surface area contributed by atoms with Gasteiger partial charge in [0, 0.05) is 13.0 Å². The minimum absolute atomic E-state index is 0.348. The van der Waals surface area contributed by atoms with E-state index in [-0.39, 0.29) is 0 Å². The molecule has 0 saturated carbocycles. The number of hydrogen-bond donors (Lipinski definition) is 3. The topological polar surface area (TPSA) is 91.6 Å². The molecule has 1 unspecified atom stereocenters. The van der Waals surface area contributed by atoms with Crippen molar-refractivity contribution in [2.45, 2.75) is 25.8 Å². The van der Waals surface area contributed by atoms with E-state index >= 15 is 0 Å². The van der Waals surface area contributed by atoms with Crippen molar-refractivity contribution in [3.63, 3.8) is 0 Å². The van der Waals surface area contributed by atoms with Crippen LogP contribution >= 0.6 is 0 Å². The van der Waals surface area contributed by atoms with Gasteiger partial charge in [-0.25, -0.2) is 9.59 Å². The number of aliphatic carboxylic acids is 1. The zero-order valence-corrected chi connectivity index (χ0v) is 9.60. The molecule has 94 valence electrons. The summed E-state index contributed by atoms with van der Waals surface area (Å²) in [6.45, 7) is 2.09. The fourth-order valence-electron chi connectivity index (χ4n) is 1.30. The smallest absolute Gasteiger partial charge is 0.326 e.